The number of ketones is 1. The number of carbonyl (C=O) groups is 2. The Kier molecular flexibility index (Phi) is 5.37. The molecule has 1 saturated carbocycles. The summed E-state index contributed by atoms with van der Waals surface area (Å²) >= 11 is 0. The van der Waals surface area contributed by atoms with Crippen LogP contribution < -0.4 is 0 Å². The molecule has 0 N–H and O–H groups in total. The Labute approximate surface area is 91.2 Å². The average Bonchev–Trinajstić information content (AvgIpc) is 2.27. The highest BCUT2D eigenvalue weighted by atomic mass is 16.5. The summed E-state index contributed by atoms with van der Waals surface area (Å²) in [7, 11) is 0. The van der Waals surface area contributed by atoms with E-state index >= 15 is 0 Å². The summed E-state index contributed by atoms with van der Waals surface area (Å²) in [6.45, 7) is 2.32. The number of esters is 1. The van der Waals surface area contributed by atoms with Crippen LogP contribution in [0.5, 0.6) is 0 Å². The van der Waals surface area contributed by atoms with Crippen molar-refractivity contribution in [1.29, 1.82) is 0 Å². The predicted molar refractivity (Wildman–Crippen MR) is 57.4 cm³/mol. The van der Waals surface area contributed by atoms with Gasteiger partial charge in [-0.05, 0) is 25.2 Å². The van der Waals surface area contributed by atoms with E-state index in [4.69, 9.17) is 4.74 Å². The van der Waals surface area contributed by atoms with Gasteiger partial charge in [-0.15, -0.1) is 0 Å². The van der Waals surface area contributed by atoms with Gasteiger partial charge in [-0.25, -0.2) is 4.79 Å². The second kappa shape index (κ2) is 6.59. The van der Waals surface area contributed by atoms with Gasteiger partial charge in [0.2, 0.25) is 5.78 Å². The first kappa shape index (κ1) is 12.2. The summed E-state index contributed by atoms with van der Waals surface area (Å²) in [6.07, 6.45) is 7.03. The van der Waals surface area contributed by atoms with Crippen molar-refractivity contribution in [3.05, 3.63) is 0 Å². The molecule has 0 aliphatic heterocycles. The molecule has 1 aliphatic rings. The van der Waals surface area contributed by atoms with Gasteiger partial charge in [0.25, 0.3) is 0 Å². The average molecular weight is 212 g/mol. The number of hydrogen-bond donors (Lipinski definition) is 0. The molecule has 0 atom stereocenters. The highest BCUT2D eigenvalue weighted by Crippen LogP contribution is 2.23. The van der Waals surface area contributed by atoms with Crippen LogP contribution in [0.4, 0.5) is 0 Å². The number of rotatable bonds is 5. The maximum Gasteiger partial charge on any atom is 0.374 e. The second-order valence-electron chi connectivity index (χ2n) is 4.28. The van der Waals surface area contributed by atoms with E-state index in [2.05, 4.69) is 0 Å². The first-order valence-corrected chi connectivity index (χ1v) is 5.94. The number of hydrogen-bond acceptors (Lipinski definition) is 3. The van der Waals surface area contributed by atoms with Gasteiger partial charge in [-0.3, -0.25) is 4.79 Å². The van der Waals surface area contributed by atoms with E-state index in [1.165, 1.54) is 19.3 Å². The highest BCUT2D eigenvalue weighted by molar-refractivity contribution is 6.33. The van der Waals surface area contributed by atoms with Crippen LogP contribution in [-0.2, 0) is 14.3 Å². The van der Waals surface area contributed by atoms with Gasteiger partial charge in [-0.2, -0.15) is 0 Å². The summed E-state index contributed by atoms with van der Waals surface area (Å²) in [5.74, 6) is -0.534. The minimum atomic E-state index is -0.637. The molecular weight excluding hydrogens is 192 g/mol. The quantitative estimate of drug-likeness (QED) is 0.519. The van der Waals surface area contributed by atoms with E-state index in [9.17, 15) is 9.59 Å². The molecule has 1 aliphatic carbocycles. The van der Waals surface area contributed by atoms with Crippen LogP contribution in [0.15, 0.2) is 0 Å². The Morgan fingerprint density at radius 3 is 2.47 bits per heavy atom. The van der Waals surface area contributed by atoms with Gasteiger partial charge in [-0.1, -0.05) is 26.2 Å². The van der Waals surface area contributed by atoms with Crippen LogP contribution in [0.1, 0.15) is 51.9 Å². The van der Waals surface area contributed by atoms with Gasteiger partial charge >= 0.3 is 5.97 Å². The molecule has 0 radical (unpaired) electrons. The van der Waals surface area contributed by atoms with Crippen molar-refractivity contribution >= 4 is 11.8 Å². The van der Waals surface area contributed by atoms with Crippen LogP contribution in [0, 0.1) is 5.92 Å². The van der Waals surface area contributed by atoms with E-state index in [1.807, 2.05) is 6.92 Å². The van der Waals surface area contributed by atoms with Crippen LogP contribution >= 0.6 is 0 Å². The third-order valence-electron chi connectivity index (χ3n) is 2.88. The molecule has 0 aromatic heterocycles. The number of carbonyl (C=O) groups excluding carboxylic acids is 2. The Balaban J connectivity index is 2.17. The van der Waals surface area contributed by atoms with Crippen molar-refractivity contribution in [3.63, 3.8) is 0 Å². The monoisotopic (exact) mass is 212 g/mol. The van der Waals surface area contributed by atoms with Crippen LogP contribution in [0.3, 0.4) is 0 Å². The van der Waals surface area contributed by atoms with Crippen LogP contribution in [0.2, 0.25) is 0 Å². The SMILES string of the molecule is CCCC(=O)C(=O)OCC1CCCCC1. The molecule has 86 valence electrons. The van der Waals surface area contributed by atoms with E-state index in [0.717, 1.165) is 12.8 Å². The van der Waals surface area contributed by atoms with Crippen molar-refractivity contribution in [1.82, 2.24) is 0 Å². The standard InChI is InChI=1S/C12H20O3/c1-2-6-11(13)12(14)15-9-10-7-4-3-5-8-10/h10H,2-9H2,1H3. The fourth-order valence-corrected chi connectivity index (χ4v) is 1.96. The van der Waals surface area contributed by atoms with Gasteiger partial charge in [0, 0.05) is 6.42 Å². The molecule has 0 saturated heterocycles. The third kappa shape index (κ3) is 4.45. The molecule has 3 heteroatoms. The van der Waals surface area contributed by atoms with Crippen LogP contribution in [0.25, 0.3) is 0 Å². The van der Waals surface area contributed by atoms with Gasteiger partial charge in [0.05, 0.1) is 6.61 Å². The highest BCUT2D eigenvalue weighted by Gasteiger charge is 2.18. The molecule has 1 rings (SSSR count). The fraction of sp³-hybridized carbons (Fsp3) is 0.833. The van der Waals surface area contributed by atoms with Gasteiger partial charge in [0.15, 0.2) is 0 Å². The molecule has 3 nitrogen and oxygen atoms in total. The molecule has 0 unspecified atom stereocenters. The maximum atomic E-state index is 11.2. The largest absolute Gasteiger partial charge is 0.460 e. The molecule has 0 amide bonds. The predicted octanol–water partition coefficient (Wildman–Crippen LogP) is 2.48. The van der Waals surface area contributed by atoms with Crippen molar-refractivity contribution in [2.24, 2.45) is 5.92 Å². The number of Topliss-reactive ketones (excluding diaryl/α,β-unsaturated/α-hetero) is 1. The summed E-state index contributed by atoms with van der Waals surface area (Å²) in [5, 5.41) is 0. The third-order valence-corrected chi connectivity index (χ3v) is 2.88. The normalized spacial score (nSPS) is 17.4. The zero-order valence-electron chi connectivity index (χ0n) is 9.46. The van der Waals surface area contributed by atoms with Crippen molar-refractivity contribution < 1.29 is 14.3 Å². The topological polar surface area (TPSA) is 43.4 Å². The zero-order chi connectivity index (χ0) is 11.1. The molecule has 1 fully saturated rings. The Morgan fingerprint density at radius 2 is 1.87 bits per heavy atom. The Morgan fingerprint density at radius 1 is 1.20 bits per heavy atom. The van der Waals surface area contributed by atoms with E-state index in [-0.39, 0.29) is 5.78 Å². The van der Waals surface area contributed by atoms with E-state index in [1.54, 1.807) is 0 Å². The summed E-state index contributed by atoms with van der Waals surface area (Å²) in [4.78, 5) is 22.3. The van der Waals surface area contributed by atoms with E-state index < -0.39 is 5.97 Å². The molecule has 0 aromatic carbocycles. The second-order valence-corrected chi connectivity index (χ2v) is 4.28. The lowest BCUT2D eigenvalue weighted by molar-refractivity contribution is -0.155. The van der Waals surface area contributed by atoms with Gasteiger partial charge < -0.3 is 4.74 Å². The molecule has 0 aromatic rings. The lowest BCUT2D eigenvalue weighted by atomic mass is 9.90. The first-order valence-electron chi connectivity index (χ1n) is 5.94. The first-order chi connectivity index (χ1) is 7.24. The Bertz CT molecular complexity index is 217. The molecule has 0 heterocycles. The molecule has 0 spiro atoms. The summed E-state index contributed by atoms with van der Waals surface area (Å²) < 4.78 is 5.01. The summed E-state index contributed by atoms with van der Waals surface area (Å²) in [5.41, 5.74) is 0. The Hall–Kier alpha value is -0.860. The molecular formula is C12H20O3. The fourth-order valence-electron chi connectivity index (χ4n) is 1.96. The van der Waals surface area contributed by atoms with Crippen molar-refractivity contribution in [3.8, 4) is 0 Å². The minimum absolute atomic E-state index is 0.309. The lowest BCUT2D eigenvalue weighted by Crippen LogP contribution is -2.22. The minimum Gasteiger partial charge on any atom is -0.460 e. The zero-order valence-corrected chi connectivity index (χ0v) is 9.46. The van der Waals surface area contributed by atoms with Crippen molar-refractivity contribution in [2.45, 2.75) is 51.9 Å². The maximum absolute atomic E-state index is 11.2. The van der Waals surface area contributed by atoms with Crippen molar-refractivity contribution in [2.75, 3.05) is 6.61 Å². The molecule has 0 bridgehead atoms. The smallest absolute Gasteiger partial charge is 0.374 e. The molecule has 15 heavy (non-hydrogen) atoms. The lowest BCUT2D eigenvalue weighted by Gasteiger charge is -2.20. The van der Waals surface area contributed by atoms with E-state index in [0.29, 0.717) is 25.4 Å². The number of ether oxygens (including phenoxy) is 1. The van der Waals surface area contributed by atoms with Gasteiger partial charge in [0.1, 0.15) is 0 Å². The summed E-state index contributed by atoms with van der Waals surface area (Å²) in [6, 6.07) is 0. The van der Waals surface area contributed by atoms with Crippen LogP contribution in [-0.4, -0.2) is 18.4 Å².